The molecule has 0 fully saturated rings. The van der Waals surface area contributed by atoms with Crippen molar-refractivity contribution in [3.05, 3.63) is 34.9 Å². The Morgan fingerprint density at radius 3 is 2.89 bits per heavy atom. The minimum atomic E-state index is -1.09. The first-order valence-electron chi connectivity index (χ1n) is 5.26. The molecule has 96 valence electrons. The van der Waals surface area contributed by atoms with Crippen molar-refractivity contribution in [1.82, 2.24) is 19.6 Å². The van der Waals surface area contributed by atoms with Gasteiger partial charge in [0.25, 0.3) is 0 Å². The van der Waals surface area contributed by atoms with E-state index < -0.39 is 5.97 Å². The van der Waals surface area contributed by atoms with Gasteiger partial charge in [-0.05, 0) is 13.0 Å². The molecule has 0 aliphatic carbocycles. The van der Waals surface area contributed by atoms with Crippen LogP contribution in [0.15, 0.2) is 23.1 Å². The van der Waals surface area contributed by atoms with Crippen molar-refractivity contribution in [3.8, 4) is 11.6 Å². The Hall–Kier alpha value is -2.41. The van der Waals surface area contributed by atoms with E-state index in [1.807, 2.05) is 0 Å². The fourth-order valence-electron chi connectivity index (χ4n) is 1.74. The number of halogens is 1. The molecule has 3 aromatic heterocycles. The van der Waals surface area contributed by atoms with E-state index in [0.717, 1.165) is 0 Å². The van der Waals surface area contributed by atoms with Gasteiger partial charge >= 0.3 is 5.97 Å². The molecule has 0 aromatic carbocycles. The highest BCUT2D eigenvalue weighted by molar-refractivity contribution is 6.33. The summed E-state index contributed by atoms with van der Waals surface area (Å²) in [5.74, 6) is -0.307. The molecule has 0 aliphatic heterocycles. The molecule has 3 rings (SSSR count). The van der Waals surface area contributed by atoms with Crippen LogP contribution in [0.3, 0.4) is 0 Å². The van der Waals surface area contributed by atoms with Gasteiger partial charge in [0.15, 0.2) is 17.8 Å². The van der Waals surface area contributed by atoms with Crippen LogP contribution >= 0.6 is 11.6 Å². The Kier molecular flexibility index (Phi) is 2.49. The van der Waals surface area contributed by atoms with Gasteiger partial charge in [-0.15, -0.1) is 10.2 Å². The zero-order valence-electron chi connectivity index (χ0n) is 9.66. The molecule has 0 saturated carbocycles. The minimum absolute atomic E-state index is 0.0377. The summed E-state index contributed by atoms with van der Waals surface area (Å²) in [4.78, 5) is 15.0. The SMILES string of the molecule is Cc1ncoc1-c1nnc2c(Cl)cc(C(=O)O)cn12. The Bertz CT molecular complexity index is 792. The molecule has 7 nitrogen and oxygen atoms in total. The van der Waals surface area contributed by atoms with E-state index in [0.29, 0.717) is 22.9 Å². The molecule has 0 bridgehead atoms. The van der Waals surface area contributed by atoms with E-state index in [2.05, 4.69) is 15.2 Å². The van der Waals surface area contributed by atoms with E-state index in [1.165, 1.54) is 23.1 Å². The number of hydrogen-bond acceptors (Lipinski definition) is 5. The van der Waals surface area contributed by atoms with Crippen LogP contribution in [0, 0.1) is 6.92 Å². The fourth-order valence-corrected chi connectivity index (χ4v) is 1.99. The Morgan fingerprint density at radius 1 is 1.47 bits per heavy atom. The lowest BCUT2D eigenvalue weighted by Crippen LogP contribution is -2.00. The predicted octanol–water partition coefficient (Wildman–Crippen LogP) is 2.04. The largest absolute Gasteiger partial charge is 0.478 e. The number of hydrogen-bond donors (Lipinski definition) is 1. The number of pyridine rings is 1. The number of aromatic carboxylic acids is 1. The van der Waals surface area contributed by atoms with Crippen molar-refractivity contribution in [3.63, 3.8) is 0 Å². The smallest absolute Gasteiger partial charge is 0.337 e. The van der Waals surface area contributed by atoms with E-state index in [4.69, 9.17) is 21.1 Å². The number of fused-ring (bicyclic) bond motifs is 1. The average Bonchev–Trinajstić information content (AvgIpc) is 2.94. The molecule has 8 heteroatoms. The van der Waals surface area contributed by atoms with Crippen LogP contribution in [-0.4, -0.2) is 30.7 Å². The molecule has 3 heterocycles. The lowest BCUT2D eigenvalue weighted by atomic mass is 10.3. The van der Waals surface area contributed by atoms with Crippen LogP contribution in [0.5, 0.6) is 0 Å². The third-order valence-corrected chi connectivity index (χ3v) is 2.93. The van der Waals surface area contributed by atoms with E-state index in [1.54, 1.807) is 6.92 Å². The second kappa shape index (κ2) is 4.06. The Labute approximate surface area is 111 Å². The number of aromatic nitrogens is 4. The minimum Gasteiger partial charge on any atom is -0.478 e. The lowest BCUT2D eigenvalue weighted by Gasteiger charge is -2.01. The molecule has 0 spiro atoms. The van der Waals surface area contributed by atoms with Gasteiger partial charge in [0.2, 0.25) is 5.82 Å². The topological polar surface area (TPSA) is 93.5 Å². The van der Waals surface area contributed by atoms with Crippen LogP contribution in [0.25, 0.3) is 17.2 Å². The zero-order chi connectivity index (χ0) is 13.6. The molecular weight excluding hydrogens is 272 g/mol. The van der Waals surface area contributed by atoms with Crippen LogP contribution in [-0.2, 0) is 0 Å². The quantitative estimate of drug-likeness (QED) is 0.771. The number of aryl methyl sites for hydroxylation is 1. The number of carboxylic acid groups (broad SMARTS) is 1. The second-order valence-electron chi connectivity index (χ2n) is 3.87. The average molecular weight is 279 g/mol. The summed E-state index contributed by atoms with van der Waals surface area (Å²) in [6.07, 6.45) is 2.68. The molecular formula is C11H7ClN4O3. The van der Waals surface area contributed by atoms with Crippen LogP contribution in [0.4, 0.5) is 0 Å². The van der Waals surface area contributed by atoms with Crippen molar-refractivity contribution in [2.75, 3.05) is 0 Å². The summed E-state index contributed by atoms with van der Waals surface area (Å²) in [5.41, 5.74) is 1.03. The van der Waals surface area contributed by atoms with Gasteiger partial charge in [0.05, 0.1) is 16.3 Å². The number of carbonyl (C=O) groups is 1. The van der Waals surface area contributed by atoms with Crippen molar-refractivity contribution in [1.29, 1.82) is 0 Å². The first kappa shape index (κ1) is 11.7. The van der Waals surface area contributed by atoms with Crippen LogP contribution in [0.2, 0.25) is 5.02 Å². The first-order chi connectivity index (χ1) is 9.08. The van der Waals surface area contributed by atoms with E-state index >= 15 is 0 Å². The van der Waals surface area contributed by atoms with Gasteiger partial charge in [0.1, 0.15) is 0 Å². The van der Waals surface area contributed by atoms with Crippen LogP contribution in [0.1, 0.15) is 16.1 Å². The Balaban J connectivity index is 2.33. The number of carboxylic acids is 1. The highest BCUT2D eigenvalue weighted by Crippen LogP contribution is 2.25. The lowest BCUT2D eigenvalue weighted by molar-refractivity contribution is 0.0696. The number of oxazole rings is 1. The molecule has 0 radical (unpaired) electrons. The molecule has 0 atom stereocenters. The van der Waals surface area contributed by atoms with Gasteiger partial charge in [-0.1, -0.05) is 11.6 Å². The van der Waals surface area contributed by atoms with Crippen molar-refractivity contribution in [2.45, 2.75) is 6.92 Å². The van der Waals surface area contributed by atoms with E-state index in [-0.39, 0.29) is 10.6 Å². The molecule has 0 unspecified atom stereocenters. The van der Waals surface area contributed by atoms with Crippen LogP contribution < -0.4 is 0 Å². The summed E-state index contributed by atoms with van der Waals surface area (Å²) in [6, 6.07) is 1.32. The highest BCUT2D eigenvalue weighted by atomic mass is 35.5. The molecule has 3 aromatic rings. The van der Waals surface area contributed by atoms with Gasteiger partial charge < -0.3 is 9.52 Å². The van der Waals surface area contributed by atoms with Crippen molar-refractivity contribution < 1.29 is 14.3 Å². The maximum Gasteiger partial charge on any atom is 0.337 e. The maximum absolute atomic E-state index is 11.0. The first-order valence-corrected chi connectivity index (χ1v) is 5.63. The summed E-state index contributed by atoms with van der Waals surface area (Å²) in [5, 5.41) is 17.1. The molecule has 1 N–H and O–H groups in total. The molecule has 19 heavy (non-hydrogen) atoms. The molecule has 0 aliphatic rings. The number of rotatable bonds is 2. The second-order valence-corrected chi connectivity index (χ2v) is 4.27. The number of nitrogens with zero attached hydrogens (tertiary/aromatic N) is 4. The summed E-state index contributed by atoms with van der Waals surface area (Å²) in [7, 11) is 0. The summed E-state index contributed by atoms with van der Waals surface area (Å²) < 4.78 is 6.70. The standard InChI is InChI=1S/C11H7ClN4O3/c1-5-8(19-4-13-5)10-15-14-9-7(12)2-6(11(17)18)3-16(9)10/h2-4H,1H3,(H,17,18). The van der Waals surface area contributed by atoms with Gasteiger partial charge in [-0.2, -0.15) is 0 Å². The summed E-state index contributed by atoms with van der Waals surface area (Å²) >= 11 is 5.99. The normalized spacial score (nSPS) is 11.1. The van der Waals surface area contributed by atoms with Crippen molar-refractivity contribution in [2.24, 2.45) is 0 Å². The molecule has 0 amide bonds. The third kappa shape index (κ3) is 1.75. The zero-order valence-corrected chi connectivity index (χ0v) is 10.4. The summed E-state index contributed by atoms with van der Waals surface area (Å²) in [6.45, 7) is 1.75. The van der Waals surface area contributed by atoms with Gasteiger partial charge in [-0.3, -0.25) is 4.40 Å². The third-order valence-electron chi connectivity index (χ3n) is 2.66. The highest BCUT2D eigenvalue weighted by Gasteiger charge is 2.18. The Morgan fingerprint density at radius 2 is 2.26 bits per heavy atom. The van der Waals surface area contributed by atoms with Gasteiger partial charge in [0, 0.05) is 6.20 Å². The predicted molar refractivity (Wildman–Crippen MR) is 65.2 cm³/mol. The van der Waals surface area contributed by atoms with Gasteiger partial charge in [-0.25, -0.2) is 9.78 Å². The molecule has 0 saturated heterocycles. The maximum atomic E-state index is 11.0. The monoisotopic (exact) mass is 278 g/mol. The van der Waals surface area contributed by atoms with Crippen molar-refractivity contribution >= 4 is 23.2 Å². The van der Waals surface area contributed by atoms with E-state index in [9.17, 15) is 4.79 Å². The fraction of sp³-hybridized carbons (Fsp3) is 0.0909.